The van der Waals surface area contributed by atoms with Crippen LogP contribution in [0, 0.1) is 0 Å². The van der Waals surface area contributed by atoms with Crippen molar-refractivity contribution in [3.8, 4) is 0 Å². The lowest BCUT2D eigenvalue weighted by Gasteiger charge is -2.43. The van der Waals surface area contributed by atoms with E-state index in [1.54, 1.807) is 0 Å². The highest BCUT2D eigenvalue weighted by Crippen LogP contribution is 2.56. The summed E-state index contributed by atoms with van der Waals surface area (Å²) in [6, 6.07) is 16.4. The van der Waals surface area contributed by atoms with Gasteiger partial charge >= 0.3 is 0 Å². The topological polar surface area (TPSA) is 34.1 Å². The van der Waals surface area contributed by atoms with Crippen molar-refractivity contribution < 1.29 is 9.59 Å². The lowest BCUT2D eigenvalue weighted by atomic mass is 9.58. The van der Waals surface area contributed by atoms with Gasteiger partial charge < -0.3 is 0 Å². The van der Waals surface area contributed by atoms with Crippen molar-refractivity contribution in [3.63, 3.8) is 0 Å². The van der Waals surface area contributed by atoms with Crippen molar-refractivity contribution in [1.82, 2.24) is 0 Å². The van der Waals surface area contributed by atoms with Crippen molar-refractivity contribution in [2.75, 3.05) is 0 Å². The Morgan fingerprint density at radius 1 is 0.545 bits per heavy atom. The zero-order valence-electron chi connectivity index (χ0n) is 11.7. The Hall–Kier alpha value is -2.74. The Bertz CT molecular complexity index is 809. The fourth-order valence-corrected chi connectivity index (χ4v) is 4.22. The maximum Gasteiger partial charge on any atom is 0.183 e. The van der Waals surface area contributed by atoms with Gasteiger partial charge in [0.05, 0.1) is 0 Å². The van der Waals surface area contributed by atoms with Gasteiger partial charge in [0.2, 0.25) is 0 Å². The van der Waals surface area contributed by atoms with Gasteiger partial charge in [0.1, 0.15) is 0 Å². The molecule has 0 fully saturated rings. The molecule has 0 heterocycles. The van der Waals surface area contributed by atoms with Gasteiger partial charge in [-0.2, -0.15) is 0 Å². The fourth-order valence-electron chi connectivity index (χ4n) is 4.22. The molecular weight excluding hydrogens is 272 g/mol. The molecular formula is C20H12O2. The van der Waals surface area contributed by atoms with Crippen LogP contribution in [-0.2, 0) is 9.59 Å². The summed E-state index contributed by atoms with van der Waals surface area (Å²) < 4.78 is 0. The molecule has 2 aromatic carbocycles. The summed E-state index contributed by atoms with van der Waals surface area (Å²) in [5.74, 6) is -0.246. The van der Waals surface area contributed by atoms with Crippen molar-refractivity contribution in [2.24, 2.45) is 0 Å². The van der Waals surface area contributed by atoms with Crippen LogP contribution in [0.25, 0.3) is 0 Å². The van der Waals surface area contributed by atoms with Crippen molar-refractivity contribution in [1.29, 1.82) is 0 Å². The first-order valence-electron chi connectivity index (χ1n) is 7.46. The molecule has 0 amide bonds. The van der Waals surface area contributed by atoms with E-state index in [0.29, 0.717) is 11.1 Å². The molecule has 0 radical (unpaired) electrons. The Morgan fingerprint density at radius 3 is 1.18 bits per heavy atom. The number of hydrogen-bond acceptors (Lipinski definition) is 2. The summed E-state index contributed by atoms with van der Waals surface area (Å²) in [7, 11) is 0. The standard InChI is InChI=1S/C20H12O2/c21-15-9-10-16(22)20-18-12-6-2-1-5-11(12)17(19(15)20)13-7-3-4-8-14(13)18/h1-10,17-18H. The van der Waals surface area contributed by atoms with Gasteiger partial charge in [0.15, 0.2) is 11.6 Å². The summed E-state index contributed by atoms with van der Waals surface area (Å²) in [6.07, 6.45) is 2.85. The summed E-state index contributed by atoms with van der Waals surface area (Å²) in [6.45, 7) is 0. The molecule has 0 aliphatic heterocycles. The SMILES string of the molecule is O=C1C=CC(=O)C2=C1C1c3ccccc3C2c2ccccc21. The molecule has 4 aliphatic carbocycles. The molecule has 104 valence electrons. The number of allylic oxidation sites excluding steroid dienone is 4. The number of carbonyl (C=O) groups excluding carboxylic acids is 2. The monoisotopic (exact) mass is 284 g/mol. The number of ketones is 2. The third kappa shape index (κ3) is 1.26. The third-order valence-electron chi connectivity index (χ3n) is 5.02. The van der Waals surface area contributed by atoms with Crippen molar-refractivity contribution in [2.45, 2.75) is 11.8 Å². The lowest BCUT2D eigenvalue weighted by Crippen LogP contribution is -2.35. The highest BCUT2D eigenvalue weighted by Gasteiger charge is 2.47. The van der Waals surface area contributed by atoms with E-state index in [4.69, 9.17) is 0 Å². The molecule has 0 aromatic heterocycles. The second-order valence-electron chi connectivity index (χ2n) is 6.01. The first-order chi connectivity index (χ1) is 10.8. The minimum Gasteiger partial charge on any atom is -0.290 e. The van der Waals surface area contributed by atoms with Gasteiger partial charge in [-0.05, 0) is 34.4 Å². The quantitative estimate of drug-likeness (QED) is 0.696. The third-order valence-corrected chi connectivity index (χ3v) is 5.02. The van der Waals surface area contributed by atoms with Crippen LogP contribution in [0.3, 0.4) is 0 Å². The molecule has 0 spiro atoms. The average molecular weight is 284 g/mol. The molecule has 2 nitrogen and oxygen atoms in total. The molecule has 6 rings (SSSR count). The van der Waals surface area contributed by atoms with Crippen LogP contribution >= 0.6 is 0 Å². The second-order valence-corrected chi connectivity index (χ2v) is 6.01. The van der Waals surface area contributed by atoms with Crippen LogP contribution in [0.5, 0.6) is 0 Å². The van der Waals surface area contributed by atoms with E-state index in [0.717, 1.165) is 0 Å². The number of benzene rings is 2. The molecule has 2 heteroatoms. The molecule has 2 bridgehead atoms. The van der Waals surface area contributed by atoms with Gasteiger partial charge in [0, 0.05) is 23.0 Å². The molecule has 0 N–H and O–H groups in total. The van der Waals surface area contributed by atoms with Crippen LogP contribution in [-0.4, -0.2) is 11.6 Å². The number of carbonyl (C=O) groups is 2. The maximum atomic E-state index is 12.5. The predicted molar refractivity (Wildman–Crippen MR) is 82.8 cm³/mol. The largest absolute Gasteiger partial charge is 0.290 e. The zero-order chi connectivity index (χ0) is 14.8. The van der Waals surface area contributed by atoms with Gasteiger partial charge in [-0.25, -0.2) is 0 Å². The van der Waals surface area contributed by atoms with Crippen molar-refractivity contribution >= 4 is 11.6 Å². The molecule has 22 heavy (non-hydrogen) atoms. The van der Waals surface area contributed by atoms with E-state index in [9.17, 15) is 9.59 Å². The van der Waals surface area contributed by atoms with Crippen LogP contribution in [0.1, 0.15) is 34.1 Å². The molecule has 4 aliphatic rings. The maximum absolute atomic E-state index is 12.5. The lowest BCUT2D eigenvalue weighted by molar-refractivity contribution is -0.115. The van der Waals surface area contributed by atoms with Gasteiger partial charge in [-0.15, -0.1) is 0 Å². The first-order valence-corrected chi connectivity index (χ1v) is 7.46. The molecule has 0 atom stereocenters. The van der Waals surface area contributed by atoms with E-state index < -0.39 is 0 Å². The Labute approximate surface area is 127 Å². The summed E-state index contributed by atoms with van der Waals surface area (Å²) in [5.41, 5.74) is 6.05. The summed E-state index contributed by atoms with van der Waals surface area (Å²) in [5, 5.41) is 0. The predicted octanol–water partition coefficient (Wildman–Crippen LogP) is 3.28. The molecule has 0 unspecified atom stereocenters. The molecule has 0 saturated carbocycles. The highest BCUT2D eigenvalue weighted by atomic mass is 16.1. The van der Waals surface area contributed by atoms with E-state index in [1.165, 1.54) is 34.4 Å². The van der Waals surface area contributed by atoms with Crippen LogP contribution < -0.4 is 0 Å². The van der Waals surface area contributed by atoms with E-state index in [1.807, 2.05) is 24.3 Å². The van der Waals surface area contributed by atoms with E-state index in [2.05, 4.69) is 24.3 Å². The Balaban J connectivity index is 1.91. The molecule has 2 aromatic rings. The minimum atomic E-state index is -0.103. The Kier molecular flexibility index (Phi) is 2.11. The highest BCUT2D eigenvalue weighted by molar-refractivity contribution is 6.23. The minimum absolute atomic E-state index is 0.0198. The van der Waals surface area contributed by atoms with Crippen LogP contribution in [0.4, 0.5) is 0 Å². The van der Waals surface area contributed by atoms with Gasteiger partial charge in [-0.3, -0.25) is 9.59 Å². The first kappa shape index (κ1) is 11.9. The second kappa shape index (κ2) is 3.92. The van der Waals surface area contributed by atoms with E-state index >= 15 is 0 Å². The van der Waals surface area contributed by atoms with E-state index in [-0.39, 0.29) is 23.4 Å². The van der Waals surface area contributed by atoms with Crippen LogP contribution in [0.2, 0.25) is 0 Å². The van der Waals surface area contributed by atoms with Gasteiger partial charge in [0.25, 0.3) is 0 Å². The number of rotatable bonds is 0. The zero-order valence-corrected chi connectivity index (χ0v) is 11.7. The number of hydrogen-bond donors (Lipinski definition) is 0. The van der Waals surface area contributed by atoms with Crippen molar-refractivity contribution in [3.05, 3.63) is 94.1 Å². The smallest absolute Gasteiger partial charge is 0.183 e. The fraction of sp³-hybridized carbons (Fsp3) is 0.100. The summed E-state index contributed by atoms with van der Waals surface area (Å²) in [4.78, 5) is 25.0. The van der Waals surface area contributed by atoms with Crippen LogP contribution in [0.15, 0.2) is 71.8 Å². The average Bonchev–Trinajstić information content (AvgIpc) is 2.58. The summed E-state index contributed by atoms with van der Waals surface area (Å²) >= 11 is 0. The Morgan fingerprint density at radius 2 is 0.864 bits per heavy atom. The molecule has 0 saturated heterocycles. The normalized spacial score (nSPS) is 24.2. The van der Waals surface area contributed by atoms with Gasteiger partial charge in [-0.1, -0.05) is 48.5 Å².